The summed E-state index contributed by atoms with van der Waals surface area (Å²) in [5.74, 6) is 0.882. The summed E-state index contributed by atoms with van der Waals surface area (Å²) in [6.45, 7) is 0. The van der Waals surface area contributed by atoms with Gasteiger partial charge in [0.2, 0.25) is 0 Å². The summed E-state index contributed by atoms with van der Waals surface area (Å²) < 4.78 is 7.20. The summed E-state index contributed by atoms with van der Waals surface area (Å²) in [6.07, 6.45) is 5.51. The molecular formula is C14H12N2O. The summed E-state index contributed by atoms with van der Waals surface area (Å²) in [5.41, 5.74) is 1.11. The van der Waals surface area contributed by atoms with E-state index in [0.29, 0.717) is 0 Å². The van der Waals surface area contributed by atoms with Crippen molar-refractivity contribution in [1.29, 1.82) is 0 Å². The van der Waals surface area contributed by atoms with E-state index < -0.39 is 0 Å². The number of methoxy groups -OCH3 is 1. The van der Waals surface area contributed by atoms with Gasteiger partial charge in [-0.05, 0) is 35.0 Å². The van der Waals surface area contributed by atoms with Gasteiger partial charge in [0.15, 0.2) is 0 Å². The van der Waals surface area contributed by atoms with Crippen molar-refractivity contribution >= 4 is 10.8 Å². The molecule has 84 valence electrons. The highest BCUT2D eigenvalue weighted by molar-refractivity contribution is 5.85. The number of ether oxygens (including phenoxy) is 1. The van der Waals surface area contributed by atoms with E-state index >= 15 is 0 Å². The maximum atomic E-state index is 5.21. The Morgan fingerprint density at radius 1 is 1.06 bits per heavy atom. The molecule has 0 fully saturated rings. The summed E-state index contributed by atoms with van der Waals surface area (Å²) >= 11 is 0. The SMILES string of the molecule is COc1ccc2cc(-n3ccnc3)ccc2c1. The number of imidazole rings is 1. The lowest BCUT2D eigenvalue weighted by atomic mass is 10.1. The lowest BCUT2D eigenvalue weighted by Crippen LogP contribution is -1.89. The predicted octanol–water partition coefficient (Wildman–Crippen LogP) is 3.03. The number of benzene rings is 2. The van der Waals surface area contributed by atoms with Crippen LogP contribution in [0.25, 0.3) is 16.5 Å². The van der Waals surface area contributed by atoms with E-state index in [1.165, 1.54) is 10.8 Å². The van der Waals surface area contributed by atoms with E-state index in [-0.39, 0.29) is 0 Å². The fourth-order valence-corrected chi connectivity index (χ4v) is 1.91. The summed E-state index contributed by atoms with van der Waals surface area (Å²) in [6, 6.07) is 12.4. The van der Waals surface area contributed by atoms with Crippen LogP contribution in [0.15, 0.2) is 55.1 Å². The quantitative estimate of drug-likeness (QED) is 0.669. The van der Waals surface area contributed by atoms with Crippen molar-refractivity contribution in [2.45, 2.75) is 0 Å². The minimum atomic E-state index is 0.882. The number of nitrogens with zero attached hydrogens (tertiary/aromatic N) is 2. The molecule has 0 saturated carbocycles. The molecule has 0 aliphatic carbocycles. The van der Waals surface area contributed by atoms with Crippen LogP contribution in [0.2, 0.25) is 0 Å². The molecule has 0 atom stereocenters. The second-order valence-corrected chi connectivity index (χ2v) is 3.87. The minimum Gasteiger partial charge on any atom is -0.497 e. The van der Waals surface area contributed by atoms with Crippen molar-refractivity contribution in [1.82, 2.24) is 9.55 Å². The van der Waals surface area contributed by atoms with Gasteiger partial charge in [-0.3, -0.25) is 0 Å². The van der Waals surface area contributed by atoms with Crippen molar-refractivity contribution in [3.63, 3.8) is 0 Å². The normalized spacial score (nSPS) is 10.6. The highest BCUT2D eigenvalue weighted by Crippen LogP contribution is 2.23. The molecule has 0 spiro atoms. The Labute approximate surface area is 99.3 Å². The monoisotopic (exact) mass is 224 g/mol. The van der Waals surface area contributed by atoms with Gasteiger partial charge < -0.3 is 9.30 Å². The van der Waals surface area contributed by atoms with Crippen molar-refractivity contribution in [3.05, 3.63) is 55.1 Å². The molecule has 1 aromatic heterocycles. The summed E-state index contributed by atoms with van der Waals surface area (Å²) in [4.78, 5) is 4.05. The average molecular weight is 224 g/mol. The highest BCUT2D eigenvalue weighted by atomic mass is 16.5. The summed E-state index contributed by atoms with van der Waals surface area (Å²) in [5, 5.41) is 2.37. The maximum absolute atomic E-state index is 5.21. The van der Waals surface area contributed by atoms with Crippen molar-refractivity contribution in [2.75, 3.05) is 7.11 Å². The maximum Gasteiger partial charge on any atom is 0.119 e. The largest absolute Gasteiger partial charge is 0.497 e. The van der Waals surface area contributed by atoms with Crippen molar-refractivity contribution in [2.24, 2.45) is 0 Å². The van der Waals surface area contributed by atoms with Crippen LogP contribution < -0.4 is 4.74 Å². The Hall–Kier alpha value is -2.29. The van der Waals surface area contributed by atoms with Gasteiger partial charge in [-0.1, -0.05) is 12.1 Å². The Kier molecular flexibility index (Phi) is 2.29. The van der Waals surface area contributed by atoms with Gasteiger partial charge in [0, 0.05) is 18.1 Å². The van der Waals surface area contributed by atoms with Crippen LogP contribution in [-0.4, -0.2) is 16.7 Å². The van der Waals surface area contributed by atoms with Gasteiger partial charge in [-0.25, -0.2) is 4.98 Å². The molecule has 1 heterocycles. The molecule has 3 heteroatoms. The Morgan fingerprint density at radius 3 is 2.65 bits per heavy atom. The lowest BCUT2D eigenvalue weighted by molar-refractivity contribution is 0.415. The van der Waals surface area contributed by atoms with E-state index in [1.807, 2.05) is 22.9 Å². The fraction of sp³-hybridized carbons (Fsp3) is 0.0714. The fourth-order valence-electron chi connectivity index (χ4n) is 1.91. The van der Waals surface area contributed by atoms with Gasteiger partial charge in [0.1, 0.15) is 5.75 Å². The zero-order valence-corrected chi connectivity index (χ0v) is 9.50. The van der Waals surface area contributed by atoms with Gasteiger partial charge in [0.25, 0.3) is 0 Å². The zero-order chi connectivity index (χ0) is 11.7. The summed E-state index contributed by atoms with van der Waals surface area (Å²) in [7, 11) is 1.68. The Morgan fingerprint density at radius 2 is 1.88 bits per heavy atom. The second kappa shape index (κ2) is 3.94. The number of fused-ring (bicyclic) bond motifs is 1. The molecule has 0 bridgehead atoms. The third-order valence-electron chi connectivity index (χ3n) is 2.83. The molecule has 17 heavy (non-hydrogen) atoms. The molecule has 0 amide bonds. The van der Waals surface area contributed by atoms with Crippen LogP contribution in [0.1, 0.15) is 0 Å². The first-order valence-electron chi connectivity index (χ1n) is 5.43. The number of hydrogen-bond donors (Lipinski definition) is 0. The van der Waals surface area contributed by atoms with Crippen LogP contribution in [0.3, 0.4) is 0 Å². The molecule has 3 nitrogen and oxygen atoms in total. The average Bonchev–Trinajstić information content (AvgIpc) is 2.91. The molecule has 3 aromatic rings. The van der Waals surface area contributed by atoms with Gasteiger partial charge >= 0.3 is 0 Å². The van der Waals surface area contributed by atoms with E-state index in [0.717, 1.165) is 11.4 Å². The number of aromatic nitrogens is 2. The number of hydrogen-bond acceptors (Lipinski definition) is 2. The third kappa shape index (κ3) is 1.76. The predicted molar refractivity (Wildman–Crippen MR) is 67.6 cm³/mol. The standard InChI is InChI=1S/C14H12N2O/c1-17-14-5-3-11-8-13(4-2-12(11)9-14)16-7-6-15-10-16/h2-10H,1H3. The number of rotatable bonds is 2. The Bertz CT molecular complexity index is 644. The smallest absolute Gasteiger partial charge is 0.119 e. The highest BCUT2D eigenvalue weighted by Gasteiger charge is 1.99. The van der Waals surface area contributed by atoms with Crippen LogP contribution in [0.4, 0.5) is 0 Å². The van der Waals surface area contributed by atoms with E-state index in [9.17, 15) is 0 Å². The van der Waals surface area contributed by atoms with Crippen molar-refractivity contribution < 1.29 is 4.74 Å². The lowest BCUT2D eigenvalue weighted by Gasteiger charge is -2.06. The first-order valence-corrected chi connectivity index (χ1v) is 5.43. The zero-order valence-electron chi connectivity index (χ0n) is 9.50. The minimum absolute atomic E-state index is 0.882. The molecule has 0 aliphatic heterocycles. The molecule has 0 aliphatic rings. The van der Waals surface area contributed by atoms with Crippen LogP contribution in [0, 0.1) is 0 Å². The van der Waals surface area contributed by atoms with Gasteiger partial charge in [-0.2, -0.15) is 0 Å². The first kappa shape index (κ1) is 9.90. The molecule has 0 unspecified atom stereocenters. The molecular weight excluding hydrogens is 212 g/mol. The van der Waals surface area contributed by atoms with Crippen LogP contribution >= 0.6 is 0 Å². The second-order valence-electron chi connectivity index (χ2n) is 3.87. The molecule has 0 N–H and O–H groups in total. The van der Waals surface area contributed by atoms with E-state index in [1.54, 1.807) is 19.6 Å². The van der Waals surface area contributed by atoms with Crippen LogP contribution in [0.5, 0.6) is 5.75 Å². The molecule has 0 saturated heterocycles. The first-order chi connectivity index (χ1) is 8.36. The van der Waals surface area contributed by atoms with E-state index in [2.05, 4.69) is 29.2 Å². The molecule has 3 rings (SSSR count). The van der Waals surface area contributed by atoms with Gasteiger partial charge in [-0.15, -0.1) is 0 Å². The van der Waals surface area contributed by atoms with Crippen LogP contribution in [-0.2, 0) is 0 Å². The molecule has 0 radical (unpaired) electrons. The Balaban J connectivity index is 2.14. The third-order valence-corrected chi connectivity index (χ3v) is 2.83. The molecule has 2 aromatic carbocycles. The van der Waals surface area contributed by atoms with E-state index in [4.69, 9.17) is 4.74 Å². The van der Waals surface area contributed by atoms with Gasteiger partial charge in [0.05, 0.1) is 13.4 Å². The van der Waals surface area contributed by atoms with Crippen molar-refractivity contribution in [3.8, 4) is 11.4 Å². The topological polar surface area (TPSA) is 27.1 Å².